The molecule has 2 rings (SSSR count). The zero-order valence-electron chi connectivity index (χ0n) is 10.9. The number of rotatable bonds is 6. The molecule has 2 aromatic rings. The zero-order valence-corrected chi connectivity index (χ0v) is 10.9. The number of nitrogens with zero attached hydrogens (tertiary/aromatic N) is 1. The highest BCUT2D eigenvalue weighted by molar-refractivity contribution is 5.40. The molecule has 4 nitrogen and oxygen atoms in total. The summed E-state index contributed by atoms with van der Waals surface area (Å²) in [5, 5.41) is 9.05. The SMILES string of the molecule is CCOc1cccnc1Oc1ccccc1CCO. The van der Waals surface area contributed by atoms with Crippen LogP contribution in [0.4, 0.5) is 0 Å². The Morgan fingerprint density at radius 1 is 1.11 bits per heavy atom. The first-order valence-electron chi connectivity index (χ1n) is 6.29. The molecule has 1 aromatic heterocycles. The van der Waals surface area contributed by atoms with Crippen LogP contribution in [0, 0.1) is 0 Å². The number of ether oxygens (including phenoxy) is 2. The van der Waals surface area contributed by atoms with Crippen LogP contribution >= 0.6 is 0 Å². The normalized spacial score (nSPS) is 10.2. The van der Waals surface area contributed by atoms with E-state index in [4.69, 9.17) is 14.6 Å². The maximum Gasteiger partial charge on any atom is 0.262 e. The highest BCUT2D eigenvalue weighted by Crippen LogP contribution is 2.30. The highest BCUT2D eigenvalue weighted by atomic mass is 16.5. The number of pyridine rings is 1. The summed E-state index contributed by atoms with van der Waals surface area (Å²) in [6.07, 6.45) is 2.21. The van der Waals surface area contributed by atoms with E-state index in [1.54, 1.807) is 12.3 Å². The Kier molecular flexibility index (Phi) is 4.75. The van der Waals surface area contributed by atoms with Crippen molar-refractivity contribution in [2.24, 2.45) is 0 Å². The number of hydrogen-bond donors (Lipinski definition) is 1. The summed E-state index contributed by atoms with van der Waals surface area (Å²) in [5.41, 5.74) is 0.943. The fourth-order valence-corrected chi connectivity index (χ4v) is 1.75. The minimum atomic E-state index is 0.0842. The van der Waals surface area contributed by atoms with E-state index in [0.29, 0.717) is 30.4 Å². The molecule has 1 heterocycles. The quantitative estimate of drug-likeness (QED) is 0.866. The van der Waals surface area contributed by atoms with E-state index in [1.165, 1.54) is 0 Å². The predicted octanol–water partition coefficient (Wildman–Crippen LogP) is 2.81. The number of benzene rings is 1. The van der Waals surface area contributed by atoms with Crippen molar-refractivity contribution in [3.05, 3.63) is 48.2 Å². The minimum Gasteiger partial charge on any atom is -0.488 e. The zero-order chi connectivity index (χ0) is 13.5. The molecule has 0 bridgehead atoms. The minimum absolute atomic E-state index is 0.0842. The summed E-state index contributed by atoms with van der Waals surface area (Å²) in [4.78, 5) is 4.18. The summed E-state index contributed by atoms with van der Waals surface area (Å²) in [6, 6.07) is 11.2. The van der Waals surface area contributed by atoms with Gasteiger partial charge in [0, 0.05) is 12.8 Å². The molecule has 0 aliphatic rings. The van der Waals surface area contributed by atoms with Crippen molar-refractivity contribution < 1.29 is 14.6 Å². The Labute approximate surface area is 112 Å². The molecule has 4 heteroatoms. The first-order valence-corrected chi connectivity index (χ1v) is 6.29. The predicted molar refractivity (Wildman–Crippen MR) is 72.7 cm³/mol. The van der Waals surface area contributed by atoms with Gasteiger partial charge in [0.2, 0.25) is 0 Å². The standard InChI is InChI=1S/C15H17NO3/c1-2-18-14-8-5-10-16-15(14)19-13-7-4-3-6-12(13)9-11-17/h3-8,10,17H,2,9,11H2,1H3. The second-order valence-corrected chi connectivity index (χ2v) is 3.92. The van der Waals surface area contributed by atoms with Gasteiger partial charge >= 0.3 is 0 Å². The first kappa shape index (κ1) is 13.4. The lowest BCUT2D eigenvalue weighted by Crippen LogP contribution is -1.99. The van der Waals surface area contributed by atoms with Gasteiger partial charge in [-0.2, -0.15) is 0 Å². The summed E-state index contributed by atoms with van der Waals surface area (Å²) in [6.45, 7) is 2.55. The molecular formula is C15H17NO3. The molecule has 0 unspecified atom stereocenters. The summed E-state index contributed by atoms with van der Waals surface area (Å²) >= 11 is 0. The fraction of sp³-hybridized carbons (Fsp3) is 0.267. The van der Waals surface area contributed by atoms with Crippen LogP contribution in [-0.4, -0.2) is 23.3 Å². The largest absolute Gasteiger partial charge is 0.488 e. The summed E-state index contributed by atoms with van der Waals surface area (Å²) < 4.78 is 11.3. The van der Waals surface area contributed by atoms with Gasteiger partial charge in [-0.05, 0) is 37.1 Å². The van der Waals surface area contributed by atoms with Gasteiger partial charge in [0.05, 0.1) is 6.61 Å². The van der Waals surface area contributed by atoms with Crippen LogP contribution in [-0.2, 0) is 6.42 Å². The van der Waals surface area contributed by atoms with E-state index in [0.717, 1.165) is 5.56 Å². The second-order valence-electron chi connectivity index (χ2n) is 3.92. The first-order chi connectivity index (χ1) is 9.35. The number of aromatic nitrogens is 1. The van der Waals surface area contributed by atoms with Gasteiger partial charge < -0.3 is 14.6 Å². The lowest BCUT2D eigenvalue weighted by Gasteiger charge is -2.12. The van der Waals surface area contributed by atoms with Gasteiger partial charge in [-0.3, -0.25) is 0 Å². The van der Waals surface area contributed by atoms with Crippen LogP contribution in [0.2, 0.25) is 0 Å². The molecule has 1 N–H and O–H groups in total. The maximum absolute atomic E-state index is 9.05. The molecule has 0 aliphatic heterocycles. The molecule has 19 heavy (non-hydrogen) atoms. The van der Waals surface area contributed by atoms with Crippen molar-refractivity contribution in [1.29, 1.82) is 0 Å². The van der Waals surface area contributed by atoms with E-state index in [1.807, 2.05) is 37.3 Å². The number of para-hydroxylation sites is 1. The summed E-state index contributed by atoms with van der Waals surface area (Å²) in [7, 11) is 0. The molecule has 0 saturated heterocycles. The Balaban J connectivity index is 2.25. The average Bonchev–Trinajstić information content (AvgIpc) is 2.44. The maximum atomic E-state index is 9.05. The van der Waals surface area contributed by atoms with Crippen molar-refractivity contribution in [1.82, 2.24) is 4.98 Å². The molecule has 0 amide bonds. The lowest BCUT2D eigenvalue weighted by atomic mass is 10.1. The van der Waals surface area contributed by atoms with E-state index in [9.17, 15) is 0 Å². The van der Waals surface area contributed by atoms with Crippen molar-refractivity contribution >= 4 is 0 Å². The number of hydrogen-bond acceptors (Lipinski definition) is 4. The molecule has 0 fully saturated rings. The van der Waals surface area contributed by atoms with Crippen LogP contribution < -0.4 is 9.47 Å². The summed E-state index contributed by atoms with van der Waals surface area (Å²) in [5.74, 6) is 1.75. The molecule has 0 saturated carbocycles. The van der Waals surface area contributed by atoms with Gasteiger partial charge in [-0.1, -0.05) is 18.2 Å². The third-order valence-corrected chi connectivity index (χ3v) is 2.60. The lowest BCUT2D eigenvalue weighted by molar-refractivity contribution is 0.296. The molecule has 0 atom stereocenters. The van der Waals surface area contributed by atoms with Crippen molar-refractivity contribution in [2.75, 3.05) is 13.2 Å². The van der Waals surface area contributed by atoms with E-state index < -0.39 is 0 Å². The molecule has 0 aliphatic carbocycles. The Morgan fingerprint density at radius 2 is 1.89 bits per heavy atom. The number of aliphatic hydroxyl groups excluding tert-OH is 1. The smallest absolute Gasteiger partial charge is 0.262 e. The van der Waals surface area contributed by atoms with Crippen molar-refractivity contribution in [3.63, 3.8) is 0 Å². The van der Waals surface area contributed by atoms with E-state index in [-0.39, 0.29) is 6.61 Å². The molecule has 0 radical (unpaired) electrons. The highest BCUT2D eigenvalue weighted by Gasteiger charge is 2.09. The van der Waals surface area contributed by atoms with Gasteiger partial charge in [0.1, 0.15) is 5.75 Å². The second kappa shape index (κ2) is 6.75. The average molecular weight is 259 g/mol. The molecule has 1 aromatic carbocycles. The van der Waals surface area contributed by atoms with Crippen molar-refractivity contribution in [3.8, 4) is 17.4 Å². The van der Waals surface area contributed by atoms with Gasteiger partial charge in [-0.25, -0.2) is 4.98 Å². The Hall–Kier alpha value is -2.07. The van der Waals surface area contributed by atoms with Crippen LogP contribution in [0.5, 0.6) is 17.4 Å². The Morgan fingerprint density at radius 3 is 2.68 bits per heavy atom. The molecular weight excluding hydrogens is 242 g/mol. The van der Waals surface area contributed by atoms with E-state index in [2.05, 4.69) is 4.98 Å². The number of aliphatic hydroxyl groups is 1. The van der Waals surface area contributed by atoms with Crippen LogP contribution in [0.25, 0.3) is 0 Å². The van der Waals surface area contributed by atoms with Gasteiger partial charge in [0.15, 0.2) is 5.75 Å². The monoisotopic (exact) mass is 259 g/mol. The third-order valence-electron chi connectivity index (χ3n) is 2.60. The van der Waals surface area contributed by atoms with Crippen LogP contribution in [0.1, 0.15) is 12.5 Å². The fourth-order valence-electron chi connectivity index (χ4n) is 1.75. The van der Waals surface area contributed by atoms with E-state index >= 15 is 0 Å². The van der Waals surface area contributed by atoms with Gasteiger partial charge in [0.25, 0.3) is 5.88 Å². The van der Waals surface area contributed by atoms with Crippen LogP contribution in [0.3, 0.4) is 0 Å². The third kappa shape index (κ3) is 3.45. The molecule has 0 spiro atoms. The Bertz CT molecular complexity index is 481. The topological polar surface area (TPSA) is 51.6 Å². The molecule has 100 valence electrons. The van der Waals surface area contributed by atoms with Crippen molar-refractivity contribution in [2.45, 2.75) is 13.3 Å². The van der Waals surface area contributed by atoms with Gasteiger partial charge in [-0.15, -0.1) is 0 Å². The van der Waals surface area contributed by atoms with Crippen LogP contribution in [0.15, 0.2) is 42.6 Å².